The third-order valence-corrected chi connectivity index (χ3v) is 4.61. The Kier molecular flexibility index (Phi) is 5.20. The largest absolute Gasteiger partial charge is 0.492 e. The number of aryl methyl sites for hydroxylation is 2. The number of carbonyl (C=O) groups excluding carboxylic acids is 1. The Morgan fingerprint density at radius 1 is 1.05 bits per heavy atom. The fourth-order valence-electron chi connectivity index (χ4n) is 3.34. The van der Waals surface area contributed by atoms with Gasteiger partial charge < -0.3 is 15.0 Å². The standard InChI is InChI=1S/C18H26N2O2/c21-18(20-11-4-1-5-12-20)19-10-13-22-17-9-8-15-6-2-3-7-16(15)14-17/h8-9,14H,1-7,10-13H2,(H,19,21). The summed E-state index contributed by atoms with van der Waals surface area (Å²) in [6.07, 6.45) is 8.43. The topological polar surface area (TPSA) is 41.6 Å². The second-order valence-electron chi connectivity index (χ2n) is 6.27. The molecule has 4 nitrogen and oxygen atoms in total. The molecule has 0 bridgehead atoms. The van der Waals surface area contributed by atoms with Crippen molar-refractivity contribution in [3.05, 3.63) is 29.3 Å². The zero-order valence-corrected chi connectivity index (χ0v) is 13.3. The first-order valence-corrected chi connectivity index (χ1v) is 8.60. The number of piperidine rings is 1. The van der Waals surface area contributed by atoms with E-state index >= 15 is 0 Å². The summed E-state index contributed by atoms with van der Waals surface area (Å²) < 4.78 is 5.78. The summed E-state index contributed by atoms with van der Waals surface area (Å²) in [7, 11) is 0. The highest BCUT2D eigenvalue weighted by Gasteiger charge is 2.15. The second-order valence-corrected chi connectivity index (χ2v) is 6.27. The lowest BCUT2D eigenvalue weighted by Gasteiger charge is -2.26. The highest BCUT2D eigenvalue weighted by molar-refractivity contribution is 5.74. The maximum Gasteiger partial charge on any atom is 0.317 e. The summed E-state index contributed by atoms with van der Waals surface area (Å²) in [4.78, 5) is 13.9. The van der Waals surface area contributed by atoms with E-state index in [9.17, 15) is 4.79 Å². The van der Waals surface area contributed by atoms with Crippen molar-refractivity contribution in [2.75, 3.05) is 26.2 Å². The van der Waals surface area contributed by atoms with Gasteiger partial charge in [-0.15, -0.1) is 0 Å². The maximum atomic E-state index is 12.0. The molecule has 0 saturated carbocycles. The number of amides is 2. The minimum absolute atomic E-state index is 0.0498. The summed E-state index contributed by atoms with van der Waals surface area (Å²) in [5.41, 5.74) is 2.90. The van der Waals surface area contributed by atoms with Crippen LogP contribution in [0.2, 0.25) is 0 Å². The van der Waals surface area contributed by atoms with Crippen LogP contribution in [0.5, 0.6) is 5.75 Å². The van der Waals surface area contributed by atoms with Gasteiger partial charge in [0.25, 0.3) is 0 Å². The third kappa shape index (κ3) is 3.93. The molecule has 4 heteroatoms. The van der Waals surface area contributed by atoms with E-state index in [1.54, 1.807) is 0 Å². The van der Waals surface area contributed by atoms with Gasteiger partial charge in [-0.1, -0.05) is 6.07 Å². The molecule has 3 rings (SSSR count). The molecule has 0 unspecified atom stereocenters. The molecule has 1 aliphatic carbocycles. The lowest BCUT2D eigenvalue weighted by atomic mass is 9.92. The number of urea groups is 1. The van der Waals surface area contributed by atoms with E-state index in [2.05, 4.69) is 23.5 Å². The molecule has 1 N–H and O–H groups in total. The van der Waals surface area contributed by atoms with Crippen molar-refractivity contribution in [3.63, 3.8) is 0 Å². The molecule has 2 aliphatic rings. The van der Waals surface area contributed by atoms with Crippen LogP contribution >= 0.6 is 0 Å². The van der Waals surface area contributed by atoms with Crippen molar-refractivity contribution in [1.29, 1.82) is 0 Å². The molecule has 2 amide bonds. The molecule has 0 aromatic heterocycles. The predicted octanol–water partition coefficient (Wildman–Crippen LogP) is 3.14. The highest BCUT2D eigenvalue weighted by atomic mass is 16.5. The summed E-state index contributed by atoms with van der Waals surface area (Å²) in [5.74, 6) is 0.924. The summed E-state index contributed by atoms with van der Waals surface area (Å²) in [6, 6.07) is 6.46. The van der Waals surface area contributed by atoms with Gasteiger partial charge in [0.15, 0.2) is 0 Å². The number of benzene rings is 1. The van der Waals surface area contributed by atoms with Gasteiger partial charge in [0, 0.05) is 13.1 Å². The van der Waals surface area contributed by atoms with Gasteiger partial charge >= 0.3 is 6.03 Å². The van der Waals surface area contributed by atoms with Crippen LogP contribution in [0.25, 0.3) is 0 Å². The lowest BCUT2D eigenvalue weighted by Crippen LogP contribution is -2.43. The van der Waals surface area contributed by atoms with Crippen LogP contribution in [-0.2, 0) is 12.8 Å². The fourth-order valence-corrected chi connectivity index (χ4v) is 3.34. The van der Waals surface area contributed by atoms with Crippen molar-refractivity contribution in [1.82, 2.24) is 10.2 Å². The maximum absolute atomic E-state index is 12.0. The number of ether oxygens (including phenoxy) is 1. The first kappa shape index (κ1) is 15.2. The van der Waals surface area contributed by atoms with Gasteiger partial charge in [-0.25, -0.2) is 4.79 Å². The van der Waals surface area contributed by atoms with E-state index in [0.29, 0.717) is 13.2 Å². The van der Waals surface area contributed by atoms with E-state index in [-0.39, 0.29) is 6.03 Å². The molecule has 22 heavy (non-hydrogen) atoms. The summed E-state index contributed by atoms with van der Waals surface area (Å²) in [5, 5.41) is 2.95. The summed E-state index contributed by atoms with van der Waals surface area (Å²) >= 11 is 0. The number of likely N-dealkylation sites (tertiary alicyclic amines) is 1. The number of hydrogen-bond donors (Lipinski definition) is 1. The SMILES string of the molecule is O=C(NCCOc1ccc2c(c1)CCCC2)N1CCCCC1. The van der Waals surface area contributed by atoms with Crippen LogP contribution in [0.3, 0.4) is 0 Å². The van der Waals surface area contributed by atoms with Crippen molar-refractivity contribution in [3.8, 4) is 5.75 Å². The number of carbonyl (C=O) groups is 1. The van der Waals surface area contributed by atoms with Crippen molar-refractivity contribution >= 4 is 6.03 Å². The molecule has 1 aliphatic heterocycles. The number of nitrogens with zero attached hydrogens (tertiary/aromatic N) is 1. The quantitative estimate of drug-likeness (QED) is 0.868. The average molecular weight is 302 g/mol. The van der Waals surface area contributed by atoms with E-state index in [1.807, 2.05) is 4.90 Å². The van der Waals surface area contributed by atoms with Crippen LogP contribution in [0.4, 0.5) is 4.79 Å². The third-order valence-electron chi connectivity index (χ3n) is 4.61. The van der Waals surface area contributed by atoms with E-state index in [4.69, 9.17) is 4.74 Å². The van der Waals surface area contributed by atoms with Gasteiger partial charge in [-0.3, -0.25) is 0 Å². The lowest BCUT2D eigenvalue weighted by molar-refractivity contribution is 0.184. The number of nitrogens with one attached hydrogen (secondary N) is 1. The monoisotopic (exact) mass is 302 g/mol. The molecule has 0 radical (unpaired) electrons. The normalized spacial score (nSPS) is 17.7. The van der Waals surface area contributed by atoms with Crippen LogP contribution in [0.1, 0.15) is 43.2 Å². The Labute approximate surface area is 132 Å². The van der Waals surface area contributed by atoms with Crippen molar-refractivity contribution < 1.29 is 9.53 Å². The van der Waals surface area contributed by atoms with E-state index < -0.39 is 0 Å². The van der Waals surface area contributed by atoms with Crippen LogP contribution in [-0.4, -0.2) is 37.2 Å². The Balaban J connectivity index is 1.40. The molecule has 0 atom stereocenters. The number of fused-ring (bicyclic) bond motifs is 1. The van der Waals surface area contributed by atoms with Gasteiger partial charge in [0.05, 0.1) is 6.54 Å². The van der Waals surface area contributed by atoms with E-state index in [0.717, 1.165) is 38.1 Å². The molecule has 120 valence electrons. The van der Waals surface area contributed by atoms with Gasteiger partial charge in [0.2, 0.25) is 0 Å². The fraction of sp³-hybridized carbons (Fsp3) is 0.611. The smallest absolute Gasteiger partial charge is 0.317 e. The zero-order chi connectivity index (χ0) is 15.2. The Bertz CT molecular complexity index is 510. The predicted molar refractivity (Wildman–Crippen MR) is 87.4 cm³/mol. The number of hydrogen-bond acceptors (Lipinski definition) is 2. The first-order chi connectivity index (χ1) is 10.8. The van der Waals surface area contributed by atoms with Crippen LogP contribution < -0.4 is 10.1 Å². The van der Waals surface area contributed by atoms with Gasteiger partial charge in [0.1, 0.15) is 12.4 Å². The number of rotatable bonds is 4. The van der Waals surface area contributed by atoms with Gasteiger partial charge in [-0.05, 0) is 68.2 Å². The molecule has 0 spiro atoms. The highest BCUT2D eigenvalue weighted by Crippen LogP contribution is 2.25. The molecular weight excluding hydrogens is 276 g/mol. The first-order valence-electron chi connectivity index (χ1n) is 8.60. The van der Waals surface area contributed by atoms with Gasteiger partial charge in [-0.2, -0.15) is 0 Å². The Morgan fingerprint density at radius 2 is 1.82 bits per heavy atom. The van der Waals surface area contributed by atoms with Crippen LogP contribution in [0, 0.1) is 0 Å². The van der Waals surface area contributed by atoms with Crippen LogP contribution in [0.15, 0.2) is 18.2 Å². The molecule has 1 fully saturated rings. The molecule has 1 saturated heterocycles. The molecular formula is C18H26N2O2. The summed E-state index contributed by atoms with van der Waals surface area (Å²) in [6.45, 7) is 2.86. The second kappa shape index (κ2) is 7.52. The average Bonchev–Trinajstić information content (AvgIpc) is 2.59. The van der Waals surface area contributed by atoms with Crippen molar-refractivity contribution in [2.24, 2.45) is 0 Å². The Hall–Kier alpha value is -1.71. The molecule has 1 aromatic rings. The van der Waals surface area contributed by atoms with E-state index in [1.165, 1.54) is 36.8 Å². The minimum atomic E-state index is 0.0498. The minimum Gasteiger partial charge on any atom is -0.492 e. The Morgan fingerprint density at radius 3 is 2.64 bits per heavy atom. The molecule has 1 aromatic carbocycles. The zero-order valence-electron chi connectivity index (χ0n) is 13.3. The molecule has 1 heterocycles. The van der Waals surface area contributed by atoms with Crippen molar-refractivity contribution in [2.45, 2.75) is 44.9 Å².